The highest BCUT2D eigenvalue weighted by molar-refractivity contribution is 7.14. The summed E-state index contributed by atoms with van der Waals surface area (Å²) < 4.78 is 0. The van der Waals surface area contributed by atoms with E-state index in [4.69, 9.17) is 0 Å². The maximum Gasteiger partial charge on any atom is 0.320 e. The van der Waals surface area contributed by atoms with Crippen molar-refractivity contribution < 1.29 is 9.90 Å². The molecule has 0 saturated carbocycles. The molecule has 1 heterocycles. The summed E-state index contributed by atoms with van der Waals surface area (Å²) in [6.45, 7) is 8.55. The summed E-state index contributed by atoms with van der Waals surface area (Å²) in [7, 11) is 0. The lowest BCUT2D eigenvalue weighted by atomic mass is 9.99. The zero-order chi connectivity index (χ0) is 17.0. The van der Waals surface area contributed by atoms with E-state index in [2.05, 4.69) is 15.6 Å². The number of thiazole rings is 1. The van der Waals surface area contributed by atoms with Crippen LogP contribution >= 0.6 is 11.3 Å². The number of anilines is 1. The van der Waals surface area contributed by atoms with Gasteiger partial charge in [0.2, 0.25) is 0 Å². The fourth-order valence-corrected chi connectivity index (χ4v) is 3.36. The molecule has 1 aromatic heterocycles. The lowest BCUT2D eigenvalue weighted by Crippen LogP contribution is -2.29. The van der Waals surface area contributed by atoms with Crippen LogP contribution in [0.1, 0.15) is 47.7 Å². The molecular formula is C17H23N3O2S. The van der Waals surface area contributed by atoms with E-state index < -0.39 is 0 Å². The Morgan fingerprint density at radius 3 is 2.52 bits per heavy atom. The van der Waals surface area contributed by atoms with Crippen LogP contribution in [0.4, 0.5) is 9.80 Å². The molecule has 2 aromatic rings. The number of amides is 2. The number of hydrogen-bond acceptors (Lipinski definition) is 4. The largest absolute Gasteiger partial charge is 0.392 e. The van der Waals surface area contributed by atoms with Crippen LogP contribution in [0.3, 0.4) is 0 Å². The average molecular weight is 333 g/mol. The number of nitrogens with zero attached hydrogens (tertiary/aromatic N) is 1. The Hall–Kier alpha value is -1.92. The predicted octanol–water partition coefficient (Wildman–Crippen LogP) is 3.70. The van der Waals surface area contributed by atoms with Crippen molar-refractivity contribution in [1.82, 2.24) is 10.3 Å². The zero-order valence-electron chi connectivity index (χ0n) is 13.9. The number of aryl methyl sites for hydroxylation is 2. The summed E-state index contributed by atoms with van der Waals surface area (Å²) in [5.41, 5.74) is 6.74. The molecule has 0 radical (unpaired) electrons. The Morgan fingerprint density at radius 1 is 1.30 bits per heavy atom. The van der Waals surface area contributed by atoms with Crippen molar-refractivity contribution in [2.24, 2.45) is 0 Å². The van der Waals surface area contributed by atoms with Crippen LogP contribution in [0, 0.1) is 13.8 Å². The third-order valence-electron chi connectivity index (χ3n) is 3.73. The Balaban J connectivity index is 2.01. The monoisotopic (exact) mass is 333 g/mol. The van der Waals surface area contributed by atoms with Crippen LogP contribution < -0.4 is 10.6 Å². The number of rotatable bonds is 5. The summed E-state index contributed by atoms with van der Waals surface area (Å²) >= 11 is 1.43. The molecule has 0 atom stereocenters. The second-order valence-corrected chi connectivity index (χ2v) is 6.75. The second kappa shape index (κ2) is 7.57. The first-order chi connectivity index (χ1) is 10.9. The van der Waals surface area contributed by atoms with Crippen LogP contribution in [-0.4, -0.2) is 16.1 Å². The molecule has 2 amide bonds. The minimum absolute atomic E-state index is 0.0270. The summed E-state index contributed by atoms with van der Waals surface area (Å²) in [5.74, 6) is 0.270. The quantitative estimate of drug-likeness (QED) is 0.781. The third kappa shape index (κ3) is 4.30. The number of hydrogen-bond donors (Lipinski definition) is 3. The van der Waals surface area contributed by atoms with Gasteiger partial charge in [0.05, 0.1) is 17.8 Å². The Labute approximate surface area is 140 Å². The number of urea groups is 1. The van der Waals surface area contributed by atoms with E-state index in [1.807, 2.05) is 39.8 Å². The van der Waals surface area contributed by atoms with E-state index in [0.717, 1.165) is 32.9 Å². The van der Waals surface area contributed by atoms with E-state index in [0.29, 0.717) is 6.54 Å². The molecule has 5 nitrogen and oxygen atoms in total. The number of aliphatic hydroxyl groups is 1. The molecule has 0 unspecified atom stereocenters. The minimum Gasteiger partial charge on any atom is -0.392 e. The maximum absolute atomic E-state index is 12.1. The van der Waals surface area contributed by atoms with Gasteiger partial charge >= 0.3 is 6.03 Å². The lowest BCUT2D eigenvalue weighted by Gasteiger charge is -2.13. The van der Waals surface area contributed by atoms with Gasteiger partial charge in [0.25, 0.3) is 0 Å². The van der Waals surface area contributed by atoms with E-state index in [-0.39, 0.29) is 18.6 Å². The van der Waals surface area contributed by atoms with Crippen molar-refractivity contribution in [1.29, 1.82) is 0 Å². The first-order valence-corrected chi connectivity index (χ1v) is 8.48. The number of benzene rings is 1. The fraction of sp³-hybridized carbons (Fsp3) is 0.412. The fourth-order valence-electron chi connectivity index (χ4n) is 2.53. The van der Waals surface area contributed by atoms with Gasteiger partial charge in [-0.2, -0.15) is 0 Å². The zero-order valence-corrected chi connectivity index (χ0v) is 14.8. The highest BCUT2D eigenvalue weighted by Gasteiger charge is 2.13. The molecule has 0 aliphatic heterocycles. The molecule has 0 spiro atoms. The Bertz CT molecular complexity index is 672. The van der Waals surface area contributed by atoms with Crippen LogP contribution in [0.15, 0.2) is 17.6 Å². The Morgan fingerprint density at radius 2 is 1.96 bits per heavy atom. The standard InChI is InChI=1S/C17H23N3O2S/c1-10(2)15-16(23-9-19-15)20-17(22)18-7-14-11(3)5-13(8-21)6-12(14)4/h5-6,9-10,21H,7-8H2,1-4H3,(H2,18,20,22). The predicted molar refractivity (Wildman–Crippen MR) is 93.9 cm³/mol. The van der Waals surface area contributed by atoms with E-state index in [1.165, 1.54) is 11.3 Å². The smallest absolute Gasteiger partial charge is 0.320 e. The molecule has 23 heavy (non-hydrogen) atoms. The van der Waals surface area contributed by atoms with Crippen molar-refractivity contribution in [3.63, 3.8) is 0 Å². The first-order valence-electron chi connectivity index (χ1n) is 7.60. The first kappa shape index (κ1) is 17.4. The molecule has 0 saturated heterocycles. The highest BCUT2D eigenvalue weighted by Crippen LogP contribution is 2.26. The minimum atomic E-state index is -0.235. The normalized spacial score (nSPS) is 10.9. The van der Waals surface area contributed by atoms with Crippen molar-refractivity contribution in [3.05, 3.63) is 45.6 Å². The molecule has 124 valence electrons. The van der Waals surface area contributed by atoms with Gasteiger partial charge in [0, 0.05) is 6.54 Å². The summed E-state index contributed by atoms with van der Waals surface area (Å²) in [5, 5.41) is 15.8. The van der Waals surface area contributed by atoms with Crippen LogP contribution in [0.5, 0.6) is 0 Å². The van der Waals surface area contributed by atoms with Gasteiger partial charge in [-0.3, -0.25) is 5.32 Å². The number of nitrogens with one attached hydrogen (secondary N) is 2. The topological polar surface area (TPSA) is 74.2 Å². The van der Waals surface area contributed by atoms with Gasteiger partial charge < -0.3 is 10.4 Å². The summed E-state index contributed by atoms with van der Waals surface area (Å²) in [6, 6.07) is 3.66. The van der Waals surface area contributed by atoms with E-state index in [1.54, 1.807) is 5.51 Å². The Kier molecular flexibility index (Phi) is 5.74. The van der Waals surface area contributed by atoms with Crippen LogP contribution in [-0.2, 0) is 13.2 Å². The van der Waals surface area contributed by atoms with Gasteiger partial charge in [-0.25, -0.2) is 9.78 Å². The molecule has 0 aliphatic carbocycles. The number of carbonyl (C=O) groups excluding carboxylic acids is 1. The number of aromatic nitrogens is 1. The lowest BCUT2D eigenvalue weighted by molar-refractivity contribution is 0.251. The van der Waals surface area contributed by atoms with E-state index in [9.17, 15) is 9.90 Å². The molecule has 2 rings (SSSR count). The maximum atomic E-state index is 12.1. The van der Waals surface area contributed by atoms with Gasteiger partial charge in [-0.05, 0) is 42.0 Å². The highest BCUT2D eigenvalue weighted by atomic mass is 32.1. The number of aliphatic hydroxyl groups excluding tert-OH is 1. The number of carbonyl (C=O) groups is 1. The molecule has 3 N–H and O–H groups in total. The molecule has 6 heteroatoms. The molecular weight excluding hydrogens is 310 g/mol. The summed E-state index contributed by atoms with van der Waals surface area (Å²) in [6.07, 6.45) is 0. The van der Waals surface area contributed by atoms with Gasteiger partial charge in [-0.15, -0.1) is 11.3 Å². The molecule has 0 aliphatic rings. The van der Waals surface area contributed by atoms with Gasteiger partial charge in [-0.1, -0.05) is 26.0 Å². The van der Waals surface area contributed by atoms with Crippen LogP contribution in [0.2, 0.25) is 0 Å². The summed E-state index contributed by atoms with van der Waals surface area (Å²) in [4.78, 5) is 16.4. The van der Waals surface area contributed by atoms with Crippen molar-refractivity contribution in [2.75, 3.05) is 5.32 Å². The van der Waals surface area contributed by atoms with Crippen LogP contribution in [0.25, 0.3) is 0 Å². The molecule has 1 aromatic carbocycles. The SMILES string of the molecule is Cc1cc(CO)cc(C)c1CNC(=O)Nc1scnc1C(C)C. The average Bonchev–Trinajstić information content (AvgIpc) is 2.94. The van der Waals surface area contributed by atoms with Gasteiger partial charge in [0.1, 0.15) is 5.00 Å². The molecule has 0 fully saturated rings. The van der Waals surface area contributed by atoms with Crippen molar-refractivity contribution in [3.8, 4) is 0 Å². The molecule has 0 bridgehead atoms. The van der Waals surface area contributed by atoms with Crippen molar-refractivity contribution >= 4 is 22.4 Å². The van der Waals surface area contributed by atoms with E-state index >= 15 is 0 Å². The van der Waals surface area contributed by atoms with Crippen molar-refractivity contribution in [2.45, 2.75) is 46.8 Å². The second-order valence-electron chi connectivity index (χ2n) is 5.90. The van der Waals surface area contributed by atoms with Gasteiger partial charge in [0.15, 0.2) is 0 Å². The third-order valence-corrected chi connectivity index (χ3v) is 4.49.